The Labute approximate surface area is 384 Å². The van der Waals surface area contributed by atoms with Gasteiger partial charge in [0.25, 0.3) is 0 Å². The molecule has 0 saturated carbocycles. The molecule has 0 unspecified atom stereocenters. The lowest BCUT2D eigenvalue weighted by Gasteiger charge is -2.22. The number of amides is 2. The second kappa shape index (κ2) is 19.6. The molecule has 65 heavy (non-hydrogen) atoms. The number of benzene rings is 4. The molecule has 13 heteroatoms. The molecule has 2 amide bonds. The van der Waals surface area contributed by atoms with Crippen LogP contribution in [-0.2, 0) is 32.0 Å². The Morgan fingerprint density at radius 3 is 2.03 bits per heavy atom. The number of alkyl carbamates (subject to hydrolysis) is 2. The fraction of sp³-hybridized carbons (Fsp3) is 0.327. The number of thiazole rings is 1. The zero-order valence-corrected chi connectivity index (χ0v) is 38.7. The molecule has 338 valence electrons. The van der Waals surface area contributed by atoms with Gasteiger partial charge in [-0.1, -0.05) is 117 Å². The van der Waals surface area contributed by atoms with Crippen LogP contribution in [0.1, 0.15) is 116 Å². The number of carbonyl (C=O) groups is 4. The number of aromatic nitrogens is 2. The fourth-order valence-corrected chi connectivity index (χ4v) is 8.97. The summed E-state index contributed by atoms with van der Waals surface area (Å²) in [5.74, 6) is -0.815. The van der Waals surface area contributed by atoms with Gasteiger partial charge in [-0.3, -0.25) is 4.57 Å². The molecule has 4 aromatic carbocycles. The molecule has 0 fully saturated rings. The van der Waals surface area contributed by atoms with Crippen molar-refractivity contribution in [2.75, 3.05) is 6.61 Å². The highest BCUT2D eigenvalue weighted by Crippen LogP contribution is 2.44. The number of carbonyl (C=O) groups excluding carboxylic acids is 4. The lowest BCUT2D eigenvalue weighted by atomic mass is 9.98. The smallest absolute Gasteiger partial charge is 0.419 e. The van der Waals surface area contributed by atoms with Crippen LogP contribution in [0.15, 0.2) is 122 Å². The monoisotopic (exact) mass is 896 g/mol. The molecule has 7 rings (SSSR count). The second-order valence-corrected chi connectivity index (χ2v) is 19.1. The molecule has 0 saturated heterocycles. The number of fused-ring (bicyclic) bond motifs is 4. The predicted octanol–water partition coefficient (Wildman–Crippen LogP) is 11.8. The van der Waals surface area contributed by atoms with Gasteiger partial charge in [0.2, 0.25) is 0 Å². The molecule has 6 aromatic rings. The summed E-state index contributed by atoms with van der Waals surface area (Å²) in [7, 11) is 0. The third-order valence-electron chi connectivity index (χ3n) is 11.0. The van der Waals surface area contributed by atoms with E-state index in [1.54, 1.807) is 40.8 Å². The minimum Gasteiger partial charge on any atom is -0.451 e. The topological polar surface area (TPSA) is 147 Å². The van der Waals surface area contributed by atoms with Crippen LogP contribution in [0.2, 0.25) is 0 Å². The van der Waals surface area contributed by atoms with Crippen molar-refractivity contribution in [2.24, 2.45) is 5.92 Å². The van der Waals surface area contributed by atoms with Crippen molar-refractivity contribution in [3.8, 4) is 11.1 Å². The van der Waals surface area contributed by atoms with Gasteiger partial charge in [0.05, 0.1) is 23.3 Å². The SMILES string of the molecule is C=CC(C)(C)OC(=O)c1sc([C@@H](CC(C)C)NC(=O)OCc2ccccc2)nc1[C@H](Cc1cn(C(=O)OC(C)(C)C)c2ccccc12)NC(=O)OCC1c2ccccc2-c2ccccc21. The molecular weight excluding hydrogens is 841 g/mol. The Kier molecular flexibility index (Phi) is 13.9. The Bertz CT molecular complexity index is 2650. The third kappa shape index (κ3) is 11.1. The first-order chi connectivity index (χ1) is 31.0. The van der Waals surface area contributed by atoms with E-state index in [-0.39, 0.29) is 42.0 Å². The number of rotatable bonds is 15. The van der Waals surface area contributed by atoms with Crippen LogP contribution in [0.4, 0.5) is 14.4 Å². The van der Waals surface area contributed by atoms with Gasteiger partial charge in [0.1, 0.15) is 34.3 Å². The molecule has 2 heterocycles. The number of para-hydroxylation sites is 1. The molecule has 1 aliphatic carbocycles. The normalized spacial score (nSPS) is 13.4. The van der Waals surface area contributed by atoms with E-state index in [1.165, 1.54) is 10.6 Å². The summed E-state index contributed by atoms with van der Waals surface area (Å²) >= 11 is 1.07. The lowest BCUT2D eigenvalue weighted by Crippen LogP contribution is -2.33. The summed E-state index contributed by atoms with van der Waals surface area (Å²) in [5, 5.41) is 7.17. The van der Waals surface area contributed by atoms with Crippen LogP contribution in [0.25, 0.3) is 22.0 Å². The van der Waals surface area contributed by atoms with E-state index < -0.39 is 47.5 Å². The van der Waals surface area contributed by atoms with Crippen LogP contribution >= 0.6 is 11.3 Å². The van der Waals surface area contributed by atoms with Crippen molar-refractivity contribution in [3.63, 3.8) is 0 Å². The van der Waals surface area contributed by atoms with E-state index in [4.69, 9.17) is 23.9 Å². The van der Waals surface area contributed by atoms with Gasteiger partial charge in [-0.05, 0) is 92.5 Å². The van der Waals surface area contributed by atoms with E-state index in [0.717, 1.165) is 44.5 Å². The minimum absolute atomic E-state index is 0.0424. The van der Waals surface area contributed by atoms with Crippen LogP contribution < -0.4 is 10.6 Å². The van der Waals surface area contributed by atoms with Gasteiger partial charge in [-0.15, -0.1) is 11.3 Å². The van der Waals surface area contributed by atoms with Gasteiger partial charge < -0.3 is 29.6 Å². The lowest BCUT2D eigenvalue weighted by molar-refractivity contribution is 0.0177. The van der Waals surface area contributed by atoms with Crippen molar-refractivity contribution >= 4 is 46.5 Å². The molecule has 2 atom stereocenters. The largest absolute Gasteiger partial charge is 0.451 e. The summed E-state index contributed by atoms with van der Waals surface area (Å²) in [5.41, 5.74) is 4.74. The number of ether oxygens (including phenoxy) is 4. The molecule has 0 radical (unpaired) electrons. The van der Waals surface area contributed by atoms with E-state index in [2.05, 4.69) is 29.3 Å². The van der Waals surface area contributed by atoms with Crippen molar-refractivity contribution in [1.29, 1.82) is 0 Å². The molecule has 2 aromatic heterocycles. The Hall–Kier alpha value is -6.73. The van der Waals surface area contributed by atoms with Gasteiger partial charge in [0.15, 0.2) is 0 Å². The van der Waals surface area contributed by atoms with Crippen molar-refractivity contribution in [2.45, 2.75) is 97.1 Å². The maximum absolute atomic E-state index is 14.4. The zero-order valence-electron chi connectivity index (χ0n) is 37.9. The quantitative estimate of drug-likeness (QED) is 0.0584. The first kappa shape index (κ1) is 46.3. The summed E-state index contributed by atoms with van der Waals surface area (Å²) in [6.07, 6.45) is 1.75. The average Bonchev–Trinajstić information content (AvgIpc) is 3.97. The highest BCUT2D eigenvalue weighted by molar-refractivity contribution is 7.13. The molecule has 12 nitrogen and oxygen atoms in total. The minimum atomic E-state index is -1.06. The molecule has 0 aliphatic heterocycles. The maximum atomic E-state index is 14.4. The van der Waals surface area contributed by atoms with E-state index in [0.29, 0.717) is 22.5 Å². The predicted molar refractivity (Wildman–Crippen MR) is 252 cm³/mol. The van der Waals surface area contributed by atoms with Gasteiger partial charge in [0, 0.05) is 23.9 Å². The van der Waals surface area contributed by atoms with Crippen LogP contribution in [-0.4, -0.2) is 51.6 Å². The summed E-state index contributed by atoms with van der Waals surface area (Å²) < 4.78 is 24.9. The fourth-order valence-electron chi connectivity index (χ4n) is 7.90. The van der Waals surface area contributed by atoms with E-state index in [9.17, 15) is 19.2 Å². The Morgan fingerprint density at radius 2 is 1.38 bits per heavy atom. The number of hydrogen-bond donors (Lipinski definition) is 2. The Balaban J connectivity index is 1.28. The number of esters is 1. The molecule has 0 bridgehead atoms. The van der Waals surface area contributed by atoms with E-state index in [1.807, 2.05) is 105 Å². The maximum Gasteiger partial charge on any atom is 0.419 e. The first-order valence-corrected chi connectivity index (χ1v) is 22.6. The van der Waals surface area contributed by atoms with Gasteiger partial charge >= 0.3 is 24.2 Å². The summed E-state index contributed by atoms with van der Waals surface area (Å²) in [4.78, 5) is 60.8. The number of hydrogen-bond acceptors (Lipinski definition) is 10. The first-order valence-electron chi connectivity index (χ1n) is 21.8. The number of nitrogens with zero attached hydrogens (tertiary/aromatic N) is 2. The van der Waals surface area contributed by atoms with Crippen molar-refractivity contribution < 1.29 is 38.1 Å². The van der Waals surface area contributed by atoms with Crippen LogP contribution in [0.5, 0.6) is 0 Å². The van der Waals surface area contributed by atoms with Crippen molar-refractivity contribution in [1.82, 2.24) is 20.2 Å². The van der Waals surface area contributed by atoms with Crippen LogP contribution in [0.3, 0.4) is 0 Å². The number of nitrogens with one attached hydrogen (secondary N) is 2. The van der Waals surface area contributed by atoms with Gasteiger partial charge in [-0.2, -0.15) is 0 Å². The van der Waals surface area contributed by atoms with E-state index >= 15 is 0 Å². The van der Waals surface area contributed by atoms with Crippen LogP contribution in [0, 0.1) is 5.92 Å². The molecule has 0 spiro atoms. The summed E-state index contributed by atoms with van der Waals surface area (Å²) in [6.45, 7) is 16.8. The highest BCUT2D eigenvalue weighted by atomic mass is 32.1. The van der Waals surface area contributed by atoms with Crippen molar-refractivity contribution in [3.05, 3.63) is 160 Å². The average molecular weight is 897 g/mol. The molecular formula is C52H56N4O8S. The standard InChI is InChI=1S/C52H56N4O8S/c1-9-52(7,8)63-47(57)45-44(55-46(65-45)42(27-32(2)3)54-49(59)61-30-33-19-11-10-12-20-33)41(28-34-29-56(50(60)64-51(4,5)6)43-26-18-17-21-35(34)43)53-48(58)62-31-40-38-24-15-13-22-36(38)37-23-14-16-25-39(37)40/h9-26,29,32,40-42H,1,27-28,30-31H2,2-8H3,(H,53,58)(H,54,59)/t41-,42+/m0/s1. The van der Waals surface area contributed by atoms with Gasteiger partial charge in [-0.25, -0.2) is 24.2 Å². The molecule has 2 N–H and O–H groups in total. The Morgan fingerprint density at radius 1 is 0.785 bits per heavy atom. The highest BCUT2D eigenvalue weighted by Gasteiger charge is 2.35. The second-order valence-electron chi connectivity index (χ2n) is 18.1. The summed E-state index contributed by atoms with van der Waals surface area (Å²) in [6, 6.07) is 31.2. The zero-order chi connectivity index (χ0) is 46.5. The third-order valence-corrected chi connectivity index (χ3v) is 12.2. The molecule has 1 aliphatic rings.